The molecule has 0 aliphatic carbocycles. The van der Waals surface area contributed by atoms with E-state index >= 15 is 0 Å². The van der Waals surface area contributed by atoms with E-state index in [1.807, 2.05) is 0 Å². The molecule has 0 spiro atoms. The van der Waals surface area contributed by atoms with Crippen LogP contribution in [-0.4, -0.2) is 36.4 Å². The molecule has 36 heavy (non-hydrogen) atoms. The molecule has 0 bridgehead atoms. The highest BCUT2D eigenvalue weighted by Crippen LogP contribution is 2.14. The molecule has 0 aliphatic rings. The summed E-state index contributed by atoms with van der Waals surface area (Å²) in [4.78, 5) is 23.9. The van der Waals surface area contributed by atoms with E-state index in [1.165, 1.54) is 103 Å². The normalized spacial score (nSPS) is 12.0. The van der Waals surface area contributed by atoms with Gasteiger partial charge < -0.3 is 14.6 Å². The van der Waals surface area contributed by atoms with Gasteiger partial charge in [0.2, 0.25) is 0 Å². The van der Waals surface area contributed by atoms with Crippen molar-refractivity contribution in [2.45, 2.75) is 174 Å². The SMILES string of the molecule is CCCCCCCCCCCCCCCCC(=O)O[C@@H](CO)COC(=O)CCCCCCCCCC. The Balaban J connectivity index is 3.54. The predicted octanol–water partition coefficient (Wildman–Crippen LogP) is 8.84. The van der Waals surface area contributed by atoms with Crippen molar-refractivity contribution in [2.75, 3.05) is 13.2 Å². The van der Waals surface area contributed by atoms with E-state index in [0.29, 0.717) is 12.8 Å². The molecule has 0 aromatic rings. The molecular formula is C31H60O5. The van der Waals surface area contributed by atoms with Crippen LogP contribution in [0.4, 0.5) is 0 Å². The predicted molar refractivity (Wildman–Crippen MR) is 150 cm³/mol. The van der Waals surface area contributed by atoms with E-state index in [-0.39, 0.29) is 25.2 Å². The second kappa shape index (κ2) is 28.5. The average molecular weight is 513 g/mol. The highest BCUT2D eigenvalue weighted by molar-refractivity contribution is 5.70. The Kier molecular flexibility index (Phi) is 27.6. The van der Waals surface area contributed by atoms with Crippen molar-refractivity contribution >= 4 is 11.9 Å². The third-order valence-electron chi connectivity index (χ3n) is 6.90. The largest absolute Gasteiger partial charge is 0.462 e. The quantitative estimate of drug-likeness (QED) is 0.0837. The van der Waals surface area contributed by atoms with Gasteiger partial charge in [-0.2, -0.15) is 0 Å². The molecule has 0 aliphatic heterocycles. The number of aliphatic hydroxyl groups is 1. The van der Waals surface area contributed by atoms with Crippen molar-refractivity contribution < 1.29 is 24.2 Å². The molecule has 0 radical (unpaired) electrons. The molecule has 0 unspecified atom stereocenters. The zero-order valence-corrected chi connectivity index (χ0v) is 24.0. The van der Waals surface area contributed by atoms with Gasteiger partial charge in [-0.05, 0) is 12.8 Å². The molecule has 0 amide bonds. The molecule has 214 valence electrons. The fourth-order valence-electron chi connectivity index (χ4n) is 4.49. The fraction of sp³-hybridized carbons (Fsp3) is 0.935. The van der Waals surface area contributed by atoms with Gasteiger partial charge in [0.05, 0.1) is 6.61 Å². The number of unbranched alkanes of at least 4 members (excludes halogenated alkanes) is 20. The number of aliphatic hydroxyl groups excluding tert-OH is 1. The Morgan fingerprint density at radius 3 is 1.22 bits per heavy atom. The molecule has 1 atom stereocenters. The minimum absolute atomic E-state index is 0.0587. The van der Waals surface area contributed by atoms with Gasteiger partial charge in [-0.25, -0.2) is 0 Å². The number of esters is 2. The monoisotopic (exact) mass is 512 g/mol. The first-order valence-electron chi connectivity index (χ1n) is 15.6. The van der Waals surface area contributed by atoms with Crippen molar-refractivity contribution in [3.63, 3.8) is 0 Å². The molecule has 0 aromatic carbocycles. The summed E-state index contributed by atoms with van der Waals surface area (Å²) in [5.74, 6) is -0.588. The summed E-state index contributed by atoms with van der Waals surface area (Å²) >= 11 is 0. The summed E-state index contributed by atoms with van der Waals surface area (Å²) in [6, 6.07) is 0. The maximum absolute atomic E-state index is 12.0. The first kappa shape index (κ1) is 34.9. The molecule has 0 saturated heterocycles. The van der Waals surface area contributed by atoms with Crippen LogP contribution < -0.4 is 0 Å². The molecule has 1 N–H and O–H groups in total. The van der Waals surface area contributed by atoms with Crippen LogP contribution in [0.25, 0.3) is 0 Å². The van der Waals surface area contributed by atoms with E-state index in [4.69, 9.17) is 9.47 Å². The summed E-state index contributed by atoms with van der Waals surface area (Å²) in [6.07, 6.45) is 27.3. The Bertz CT molecular complexity index is 480. The topological polar surface area (TPSA) is 72.8 Å². The Labute approximate surface area is 223 Å². The van der Waals surface area contributed by atoms with Crippen molar-refractivity contribution in [1.29, 1.82) is 0 Å². The van der Waals surface area contributed by atoms with Gasteiger partial charge in [0, 0.05) is 12.8 Å². The first-order chi connectivity index (χ1) is 17.6. The van der Waals surface area contributed by atoms with Crippen LogP contribution in [-0.2, 0) is 19.1 Å². The van der Waals surface area contributed by atoms with Crippen molar-refractivity contribution in [1.82, 2.24) is 0 Å². The lowest BCUT2D eigenvalue weighted by Gasteiger charge is -2.15. The Hall–Kier alpha value is -1.10. The second-order valence-corrected chi connectivity index (χ2v) is 10.5. The third kappa shape index (κ3) is 26.0. The van der Waals surface area contributed by atoms with Gasteiger partial charge in [-0.1, -0.05) is 142 Å². The Morgan fingerprint density at radius 2 is 0.861 bits per heavy atom. The minimum atomic E-state index is -0.758. The summed E-state index contributed by atoms with van der Waals surface area (Å²) in [6.45, 7) is 4.10. The van der Waals surface area contributed by atoms with E-state index in [2.05, 4.69) is 13.8 Å². The fourth-order valence-corrected chi connectivity index (χ4v) is 4.49. The van der Waals surface area contributed by atoms with Crippen LogP contribution in [0.2, 0.25) is 0 Å². The second-order valence-electron chi connectivity index (χ2n) is 10.5. The lowest BCUT2D eigenvalue weighted by molar-refractivity contribution is -0.161. The van der Waals surface area contributed by atoms with E-state index < -0.39 is 6.10 Å². The van der Waals surface area contributed by atoms with Gasteiger partial charge in [-0.15, -0.1) is 0 Å². The molecular weight excluding hydrogens is 452 g/mol. The van der Waals surface area contributed by atoms with Crippen LogP contribution in [0, 0.1) is 0 Å². The number of hydrogen-bond acceptors (Lipinski definition) is 5. The van der Waals surface area contributed by atoms with Crippen molar-refractivity contribution in [3.8, 4) is 0 Å². The van der Waals surface area contributed by atoms with Crippen LogP contribution in [0.5, 0.6) is 0 Å². The number of carbonyl (C=O) groups is 2. The minimum Gasteiger partial charge on any atom is -0.462 e. The maximum Gasteiger partial charge on any atom is 0.306 e. The summed E-state index contributed by atoms with van der Waals surface area (Å²) in [7, 11) is 0. The molecule has 0 saturated carbocycles. The zero-order chi connectivity index (χ0) is 26.5. The lowest BCUT2D eigenvalue weighted by atomic mass is 10.0. The van der Waals surface area contributed by atoms with E-state index in [1.54, 1.807) is 0 Å². The van der Waals surface area contributed by atoms with Crippen LogP contribution in [0.1, 0.15) is 168 Å². The van der Waals surface area contributed by atoms with Gasteiger partial charge >= 0.3 is 11.9 Å². The smallest absolute Gasteiger partial charge is 0.306 e. The maximum atomic E-state index is 12.0. The molecule has 0 rings (SSSR count). The number of carbonyl (C=O) groups excluding carboxylic acids is 2. The summed E-state index contributed by atoms with van der Waals surface area (Å²) in [5.41, 5.74) is 0. The molecule has 5 nitrogen and oxygen atoms in total. The number of rotatable bonds is 28. The molecule has 0 fully saturated rings. The number of hydrogen-bond donors (Lipinski definition) is 1. The molecule has 5 heteroatoms. The lowest BCUT2D eigenvalue weighted by Crippen LogP contribution is -2.28. The van der Waals surface area contributed by atoms with Gasteiger partial charge in [0.1, 0.15) is 6.61 Å². The van der Waals surface area contributed by atoms with Crippen LogP contribution in [0.15, 0.2) is 0 Å². The summed E-state index contributed by atoms with van der Waals surface area (Å²) < 4.78 is 10.5. The zero-order valence-electron chi connectivity index (χ0n) is 24.0. The van der Waals surface area contributed by atoms with Crippen LogP contribution in [0.3, 0.4) is 0 Å². The van der Waals surface area contributed by atoms with Gasteiger partial charge in [0.25, 0.3) is 0 Å². The molecule has 0 heterocycles. The Morgan fingerprint density at radius 1 is 0.528 bits per heavy atom. The average Bonchev–Trinajstić information content (AvgIpc) is 2.88. The summed E-state index contributed by atoms with van der Waals surface area (Å²) in [5, 5.41) is 9.45. The van der Waals surface area contributed by atoms with E-state index in [9.17, 15) is 14.7 Å². The van der Waals surface area contributed by atoms with Crippen molar-refractivity contribution in [2.24, 2.45) is 0 Å². The van der Waals surface area contributed by atoms with Gasteiger partial charge in [0.15, 0.2) is 6.10 Å². The van der Waals surface area contributed by atoms with Crippen molar-refractivity contribution in [3.05, 3.63) is 0 Å². The molecule has 0 aromatic heterocycles. The van der Waals surface area contributed by atoms with Crippen LogP contribution >= 0.6 is 0 Å². The standard InChI is InChI=1S/C31H60O5/c1-3-5-7-9-11-13-14-15-16-17-18-20-22-24-26-31(34)36-29(27-32)28-35-30(33)25-23-21-19-12-10-8-6-4-2/h29,32H,3-28H2,1-2H3/t29-/m0/s1. The van der Waals surface area contributed by atoms with Gasteiger partial charge in [-0.3, -0.25) is 9.59 Å². The third-order valence-corrected chi connectivity index (χ3v) is 6.90. The van der Waals surface area contributed by atoms with E-state index in [0.717, 1.165) is 38.5 Å². The highest BCUT2D eigenvalue weighted by atomic mass is 16.6. The highest BCUT2D eigenvalue weighted by Gasteiger charge is 2.16. The number of ether oxygens (including phenoxy) is 2. The first-order valence-corrected chi connectivity index (χ1v) is 15.6.